The first kappa shape index (κ1) is 67.4. The third kappa shape index (κ3) is 46.4. The molecule has 0 bridgehead atoms. The van der Waals surface area contributed by atoms with E-state index in [0.29, 0.717) is 0 Å². The van der Waals surface area contributed by atoms with Gasteiger partial charge in [-0.15, -0.1) is 19.3 Å². The van der Waals surface area contributed by atoms with E-state index in [2.05, 4.69) is 355 Å². The number of hydrogen-bond acceptors (Lipinski definition) is 8. The molecule has 0 aromatic rings. The summed E-state index contributed by atoms with van der Waals surface area (Å²) in [6, 6.07) is 0. The normalized spacial score (nSPS) is 5.55. The zero-order valence-electron chi connectivity index (χ0n) is 42.8. The van der Waals surface area contributed by atoms with Crippen LogP contribution in [0.15, 0.2) is 0 Å². The van der Waals surface area contributed by atoms with E-state index in [4.69, 9.17) is 38.2 Å². The van der Waals surface area contributed by atoms with Crippen LogP contribution in [-0.4, -0.2) is 29.5 Å². The molecule has 8 nitrogen and oxygen atoms in total. The van der Waals surface area contributed by atoms with E-state index in [0.717, 1.165) is 0 Å². The topological polar surface area (TPSA) is 105 Å². The highest BCUT2D eigenvalue weighted by Gasteiger charge is 2.49. The summed E-state index contributed by atoms with van der Waals surface area (Å²) < 4.78 is 20.0. The number of rotatable bonds is 8. The van der Waals surface area contributed by atoms with Crippen LogP contribution in [0.5, 0.6) is 0 Å². The molecule has 0 fully saturated rings. The first-order chi connectivity index (χ1) is 41.3. The summed E-state index contributed by atoms with van der Waals surface area (Å²) in [4.78, 5) is 52.6. The van der Waals surface area contributed by atoms with E-state index in [-0.39, 0.29) is 12.8 Å². The van der Waals surface area contributed by atoms with Crippen LogP contribution in [-0.2, 0) is 38.1 Å². The standard InChI is InChI=1S/C76H14O8/c1-5-9-12-15-18-21-24-27-30-33-36-39-42-45-48-51-54-57-60-63-67-81-73(78)70-76(84-72(77)66-8-4,75(80)83-69-65-62-59-56-53-50-47-44-41-38-35-32-29-26-23-20-17-14-11-7-3)71-74(79)82-68-64-61-58-55-52-49-46-43-40-37-34-31-28-25-22-19-16-13-10-6-2/h1-3H,8,66,70-71H2,4H3. The number of ether oxygens (including phenoxy) is 4. The lowest BCUT2D eigenvalue weighted by molar-refractivity contribution is -0.185. The summed E-state index contributed by atoms with van der Waals surface area (Å²) in [6.45, 7) is 1.62. The molecule has 0 atom stereocenters. The van der Waals surface area contributed by atoms with Crippen LogP contribution in [0.3, 0.4) is 0 Å². The third-order valence-electron chi connectivity index (χ3n) is 6.21. The minimum Gasteiger partial charge on any atom is -0.446 e. The number of carbonyl (C=O) groups is 4. The zero-order chi connectivity index (χ0) is 61.0. The van der Waals surface area contributed by atoms with Gasteiger partial charge in [-0.05, 0) is 149 Å². The van der Waals surface area contributed by atoms with Gasteiger partial charge < -0.3 is 18.9 Å². The highest BCUT2D eigenvalue weighted by Crippen LogP contribution is 2.26. The second-order valence-electron chi connectivity index (χ2n) is 11.8. The fourth-order valence-corrected chi connectivity index (χ4v) is 3.44. The van der Waals surface area contributed by atoms with Crippen LogP contribution in [0.2, 0.25) is 0 Å². The Hall–Kier alpha value is -16.6. The number of esters is 4. The van der Waals surface area contributed by atoms with Gasteiger partial charge in [-0.1, -0.05) is 6.92 Å². The van der Waals surface area contributed by atoms with E-state index in [1.807, 2.05) is 18.3 Å². The van der Waals surface area contributed by atoms with Crippen molar-refractivity contribution in [3.63, 3.8) is 0 Å². The Kier molecular flexibility index (Phi) is 43.4. The molecule has 0 heterocycles. The lowest BCUT2D eigenvalue weighted by Crippen LogP contribution is -2.48. The molecule has 0 amide bonds. The molecule has 0 aromatic heterocycles. The first-order valence-electron chi connectivity index (χ1n) is 21.5. The predicted molar refractivity (Wildman–Crippen MR) is 311 cm³/mol. The highest BCUT2D eigenvalue weighted by atomic mass is 16.6. The fraction of sp³-hybridized carbons (Fsp3) is 0.0789. The Bertz CT molecular complexity index is 4800. The van der Waals surface area contributed by atoms with Crippen LogP contribution in [0.4, 0.5) is 0 Å². The monoisotopic (exact) mass is 1050 g/mol. The van der Waals surface area contributed by atoms with E-state index < -0.39 is 42.3 Å². The molecule has 0 rings (SSSR count). The lowest BCUT2D eigenvalue weighted by atomic mass is 9.95. The van der Waals surface area contributed by atoms with Crippen LogP contribution in [0.25, 0.3) is 0 Å². The molecule has 8 heteroatoms. The first-order valence-corrected chi connectivity index (χ1v) is 21.5. The third-order valence-corrected chi connectivity index (χ3v) is 6.21. The van der Waals surface area contributed by atoms with Gasteiger partial charge in [-0.25, -0.2) is 4.79 Å². The van der Waals surface area contributed by atoms with E-state index in [1.165, 1.54) is 0 Å². The van der Waals surface area contributed by atoms with E-state index in [9.17, 15) is 19.2 Å². The number of terminal acetylenes is 3. The quantitative estimate of drug-likeness (QED) is 0.195. The van der Waals surface area contributed by atoms with Crippen molar-refractivity contribution in [2.24, 2.45) is 0 Å². The van der Waals surface area contributed by atoms with Crippen molar-refractivity contribution in [2.75, 3.05) is 0 Å². The zero-order valence-corrected chi connectivity index (χ0v) is 42.8. The number of hydrogen-bond donors (Lipinski definition) is 0. The Morgan fingerprint density at radius 3 is 0.631 bits per heavy atom. The molecule has 0 aliphatic rings. The van der Waals surface area contributed by atoms with Crippen molar-refractivity contribution >= 4 is 23.9 Å². The van der Waals surface area contributed by atoms with Crippen molar-refractivity contribution in [1.82, 2.24) is 0 Å². The second-order valence-corrected chi connectivity index (χ2v) is 11.8. The molecule has 0 saturated carbocycles. The SMILES string of the molecule is C#CC#CC#CC#CC#CC#CC#CC#CC#CC#CC#COC(=O)CC(CC(=O)OC#CC#CC#CC#CC#CC#CC#CC#CC#CC#CC#C)(OC(=O)CCC)C(=O)OC#CC#CC#CC#CC#CC#CC#CC#CC#CC#CC#C. The van der Waals surface area contributed by atoms with Gasteiger partial charge in [0.1, 0.15) is 18.3 Å². The minimum absolute atomic E-state index is 0.225. The fourth-order valence-electron chi connectivity index (χ4n) is 3.44. The van der Waals surface area contributed by atoms with Crippen LogP contribution in [0, 0.1) is 393 Å². The smallest absolute Gasteiger partial charge is 0.365 e. The lowest BCUT2D eigenvalue weighted by Gasteiger charge is -2.27. The Morgan fingerprint density at radius 2 is 0.440 bits per heavy atom. The maximum Gasteiger partial charge on any atom is 0.365 e. The van der Waals surface area contributed by atoms with Gasteiger partial charge >= 0.3 is 23.9 Å². The van der Waals surface area contributed by atoms with Crippen molar-refractivity contribution in [3.05, 3.63) is 0 Å². The summed E-state index contributed by atoms with van der Waals surface area (Å²) in [5.74, 6) is 137. The van der Waals surface area contributed by atoms with Crippen LogP contribution < -0.4 is 0 Å². The second kappa shape index (κ2) is 54.1. The largest absolute Gasteiger partial charge is 0.446 e. The molecule has 0 aliphatic carbocycles. The maximum absolute atomic E-state index is 13.6. The van der Waals surface area contributed by atoms with Gasteiger partial charge in [-0.3, -0.25) is 14.4 Å². The maximum atomic E-state index is 13.6. The summed E-state index contributed by atoms with van der Waals surface area (Å²) in [7, 11) is 0. The van der Waals surface area contributed by atoms with Crippen LogP contribution >= 0.6 is 0 Å². The summed E-state index contributed by atoms with van der Waals surface area (Å²) in [6.07, 6.45) is 18.5. The summed E-state index contributed by atoms with van der Waals surface area (Å²) in [5, 5.41) is 0. The van der Waals surface area contributed by atoms with Crippen LogP contribution in [0.1, 0.15) is 32.6 Å². The summed E-state index contributed by atoms with van der Waals surface area (Å²) in [5.41, 5.74) is -2.75. The molecule has 0 aliphatic heterocycles. The van der Waals surface area contributed by atoms with Gasteiger partial charge in [-0.2, -0.15) is 0 Å². The molecular formula is C76H14O8. The van der Waals surface area contributed by atoms with Gasteiger partial charge in [0, 0.05) is 220 Å². The van der Waals surface area contributed by atoms with Crippen molar-refractivity contribution in [1.29, 1.82) is 0 Å². The highest BCUT2D eigenvalue weighted by molar-refractivity contribution is 5.93. The molecule has 0 unspecified atom stereocenters. The molecule has 0 radical (unpaired) electrons. The average Bonchev–Trinajstić information content (AvgIpc) is 3.69. The van der Waals surface area contributed by atoms with Gasteiger partial charge in [0.15, 0.2) is 0 Å². The Balaban J connectivity index is 6.39. The predicted octanol–water partition coefficient (Wildman–Crippen LogP) is 0.352. The Labute approximate surface area is 490 Å². The molecule has 366 valence electrons. The molecule has 0 spiro atoms. The molecule has 0 saturated heterocycles. The van der Waals surface area contributed by atoms with E-state index in [1.54, 1.807) is 6.92 Å². The van der Waals surface area contributed by atoms with Crippen molar-refractivity contribution < 1.29 is 38.1 Å². The van der Waals surface area contributed by atoms with Crippen molar-refractivity contribution in [3.8, 4) is 393 Å². The van der Waals surface area contributed by atoms with Gasteiger partial charge in [0.05, 0.1) is 12.8 Å². The Morgan fingerprint density at radius 1 is 0.262 bits per heavy atom. The van der Waals surface area contributed by atoms with Crippen molar-refractivity contribution in [2.45, 2.75) is 38.2 Å². The van der Waals surface area contributed by atoms with Gasteiger partial charge in [0.25, 0.3) is 0 Å². The average molecular weight is 1050 g/mol. The van der Waals surface area contributed by atoms with E-state index >= 15 is 0 Å². The molecule has 84 heavy (non-hydrogen) atoms. The summed E-state index contributed by atoms with van der Waals surface area (Å²) >= 11 is 0. The molecule has 0 N–H and O–H groups in total. The molecular weight excluding hydrogens is 1040 g/mol. The number of carbonyl (C=O) groups excluding carboxylic acids is 4. The van der Waals surface area contributed by atoms with Gasteiger partial charge in [0.2, 0.25) is 5.60 Å². The molecule has 0 aromatic carbocycles. The minimum atomic E-state index is -2.75.